The van der Waals surface area contributed by atoms with Crippen LogP contribution in [-0.4, -0.2) is 13.3 Å². The van der Waals surface area contributed by atoms with Gasteiger partial charge in [-0.2, -0.15) is 0 Å². The summed E-state index contributed by atoms with van der Waals surface area (Å²) in [5.74, 6) is -0.568. The second kappa shape index (κ2) is 6.65. The van der Waals surface area contributed by atoms with E-state index in [1.807, 2.05) is 18.2 Å². The van der Waals surface area contributed by atoms with Crippen molar-refractivity contribution >= 4 is 6.21 Å². The van der Waals surface area contributed by atoms with E-state index in [1.165, 1.54) is 18.3 Å². The Morgan fingerprint density at radius 1 is 1.10 bits per heavy atom. The molecule has 0 atom stereocenters. The smallest absolute Gasteiger partial charge is 0.142 e. The van der Waals surface area contributed by atoms with E-state index in [4.69, 9.17) is 9.57 Å². The fourth-order valence-electron chi connectivity index (χ4n) is 1.63. The third kappa shape index (κ3) is 4.05. The Morgan fingerprint density at radius 2 is 1.85 bits per heavy atom. The lowest BCUT2D eigenvalue weighted by atomic mass is 10.2. The first-order valence-corrected chi connectivity index (χ1v) is 5.92. The molecule has 2 aromatic carbocycles. The molecule has 0 aromatic heterocycles. The largest absolute Gasteiger partial charge is 0.497 e. The SMILES string of the molecule is COc1cccc(C=NOCc2cc(F)cc(F)c2)c1. The number of rotatable bonds is 5. The van der Waals surface area contributed by atoms with Gasteiger partial charge in [0.15, 0.2) is 0 Å². The van der Waals surface area contributed by atoms with Crippen LogP contribution in [-0.2, 0) is 11.4 Å². The van der Waals surface area contributed by atoms with Crippen LogP contribution in [0.3, 0.4) is 0 Å². The number of ether oxygens (including phenoxy) is 1. The average molecular weight is 277 g/mol. The number of methoxy groups -OCH3 is 1. The molecule has 0 N–H and O–H groups in total. The molecule has 5 heteroatoms. The van der Waals surface area contributed by atoms with Crippen LogP contribution >= 0.6 is 0 Å². The number of halogens is 2. The number of hydrogen-bond acceptors (Lipinski definition) is 3. The first-order valence-electron chi connectivity index (χ1n) is 5.92. The fourth-order valence-corrected chi connectivity index (χ4v) is 1.63. The molecule has 2 aromatic rings. The summed E-state index contributed by atoms with van der Waals surface area (Å²) in [5.41, 5.74) is 1.18. The Balaban J connectivity index is 1.93. The van der Waals surface area contributed by atoms with Crippen molar-refractivity contribution in [2.24, 2.45) is 5.16 Å². The van der Waals surface area contributed by atoms with Gasteiger partial charge in [-0.15, -0.1) is 0 Å². The van der Waals surface area contributed by atoms with E-state index in [0.29, 0.717) is 11.3 Å². The van der Waals surface area contributed by atoms with Crippen molar-refractivity contribution in [2.75, 3.05) is 7.11 Å². The molecule has 0 saturated heterocycles. The summed E-state index contributed by atoms with van der Waals surface area (Å²) in [7, 11) is 1.57. The molecule has 0 unspecified atom stereocenters. The van der Waals surface area contributed by atoms with Gasteiger partial charge >= 0.3 is 0 Å². The van der Waals surface area contributed by atoms with Gasteiger partial charge in [0.25, 0.3) is 0 Å². The molecule has 0 aliphatic rings. The lowest BCUT2D eigenvalue weighted by Gasteiger charge is -2.01. The lowest BCUT2D eigenvalue weighted by Crippen LogP contribution is -1.91. The summed E-state index contributed by atoms with van der Waals surface area (Å²) < 4.78 is 30.9. The molecule has 0 saturated carbocycles. The third-order valence-electron chi connectivity index (χ3n) is 2.52. The van der Waals surface area contributed by atoms with E-state index < -0.39 is 11.6 Å². The zero-order chi connectivity index (χ0) is 14.4. The summed E-state index contributed by atoms with van der Waals surface area (Å²) >= 11 is 0. The van der Waals surface area contributed by atoms with E-state index in [1.54, 1.807) is 13.2 Å². The van der Waals surface area contributed by atoms with Gasteiger partial charge in [-0.05, 0) is 35.4 Å². The first kappa shape index (κ1) is 14.0. The van der Waals surface area contributed by atoms with E-state index in [-0.39, 0.29) is 6.61 Å². The van der Waals surface area contributed by atoms with Crippen molar-refractivity contribution in [3.05, 3.63) is 65.2 Å². The molecule has 0 aliphatic carbocycles. The molecule has 0 aliphatic heterocycles. The highest BCUT2D eigenvalue weighted by Crippen LogP contribution is 2.11. The van der Waals surface area contributed by atoms with E-state index in [9.17, 15) is 8.78 Å². The minimum absolute atomic E-state index is 0.00481. The van der Waals surface area contributed by atoms with Gasteiger partial charge in [0, 0.05) is 6.07 Å². The Morgan fingerprint density at radius 3 is 2.55 bits per heavy atom. The first-order chi connectivity index (χ1) is 9.67. The highest BCUT2D eigenvalue weighted by Gasteiger charge is 2.00. The fraction of sp³-hybridized carbons (Fsp3) is 0.133. The van der Waals surface area contributed by atoms with Crippen LogP contribution in [0.4, 0.5) is 8.78 Å². The maximum atomic E-state index is 12.9. The lowest BCUT2D eigenvalue weighted by molar-refractivity contribution is 0.131. The highest BCUT2D eigenvalue weighted by atomic mass is 19.1. The van der Waals surface area contributed by atoms with Crippen molar-refractivity contribution in [3.8, 4) is 5.75 Å². The summed E-state index contributed by atoms with van der Waals surface area (Å²) in [6.45, 7) is -0.00481. The Bertz CT molecular complexity index is 594. The molecule has 0 amide bonds. The van der Waals surface area contributed by atoms with E-state index in [2.05, 4.69) is 5.16 Å². The molecule has 3 nitrogen and oxygen atoms in total. The quantitative estimate of drug-likeness (QED) is 0.618. The normalized spacial score (nSPS) is 10.8. The van der Waals surface area contributed by atoms with Gasteiger partial charge in [-0.3, -0.25) is 0 Å². The van der Waals surface area contributed by atoms with Crippen LogP contribution in [0.15, 0.2) is 47.6 Å². The van der Waals surface area contributed by atoms with Crippen molar-refractivity contribution in [3.63, 3.8) is 0 Å². The van der Waals surface area contributed by atoms with Gasteiger partial charge in [0.05, 0.1) is 13.3 Å². The minimum Gasteiger partial charge on any atom is -0.497 e. The molecule has 0 fully saturated rings. The zero-order valence-electron chi connectivity index (χ0n) is 10.8. The maximum Gasteiger partial charge on any atom is 0.142 e. The molecule has 0 bridgehead atoms. The predicted molar refractivity (Wildman–Crippen MR) is 71.7 cm³/mol. The molecule has 20 heavy (non-hydrogen) atoms. The van der Waals surface area contributed by atoms with Crippen molar-refractivity contribution in [2.45, 2.75) is 6.61 Å². The number of nitrogens with zero attached hydrogens (tertiary/aromatic N) is 1. The Labute approximate surface area is 115 Å². The van der Waals surface area contributed by atoms with Crippen LogP contribution in [0.25, 0.3) is 0 Å². The summed E-state index contributed by atoms with van der Waals surface area (Å²) in [6.07, 6.45) is 1.50. The standard InChI is InChI=1S/C15H13F2NO2/c1-19-15-4-2-3-11(7-15)9-18-20-10-12-5-13(16)8-14(17)6-12/h2-9H,10H2,1H3. The predicted octanol–water partition coefficient (Wildman–Crippen LogP) is 3.52. The second-order valence-electron chi connectivity index (χ2n) is 4.06. The van der Waals surface area contributed by atoms with Crippen LogP contribution < -0.4 is 4.74 Å². The molecule has 104 valence electrons. The molecule has 2 rings (SSSR count). The average Bonchev–Trinajstić information content (AvgIpc) is 2.43. The Hall–Kier alpha value is -2.43. The van der Waals surface area contributed by atoms with Crippen LogP contribution in [0.5, 0.6) is 5.75 Å². The third-order valence-corrected chi connectivity index (χ3v) is 2.52. The molecule has 0 spiro atoms. The van der Waals surface area contributed by atoms with E-state index >= 15 is 0 Å². The number of hydrogen-bond donors (Lipinski definition) is 0. The Kier molecular flexibility index (Phi) is 4.65. The highest BCUT2D eigenvalue weighted by molar-refractivity contribution is 5.79. The maximum absolute atomic E-state index is 12.9. The minimum atomic E-state index is -0.639. The molecular formula is C15H13F2NO2. The number of oxime groups is 1. The van der Waals surface area contributed by atoms with Gasteiger partial charge in [0.2, 0.25) is 0 Å². The molecular weight excluding hydrogens is 264 g/mol. The number of benzene rings is 2. The molecule has 0 heterocycles. The van der Waals surface area contributed by atoms with Gasteiger partial charge in [-0.25, -0.2) is 8.78 Å². The van der Waals surface area contributed by atoms with E-state index in [0.717, 1.165) is 11.6 Å². The topological polar surface area (TPSA) is 30.8 Å². The van der Waals surface area contributed by atoms with Gasteiger partial charge < -0.3 is 9.57 Å². The van der Waals surface area contributed by atoms with Crippen molar-refractivity contribution in [1.29, 1.82) is 0 Å². The zero-order valence-corrected chi connectivity index (χ0v) is 10.8. The van der Waals surface area contributed by atoms with Crippen LogP contribution in [0.1, 0.15) is 11.1 Å². The van der Waals surface area contributed by atoms with Gasteiger partial charge in [-0.1, -0.05) is 17.3 Å². The van der Waals surface area contributed by atoms with Crippen molar-refractivity contribution < 1.29 is 18.4 Å². The molecule has 0 radical (unpaired) electrons. The second-order valence-corrected chi connectivity index (χ2v) is 4.06. The summed E-state index contributed by atoms with van der Waals surface area (Å²) in [5, 5.41) is 3.75. The van der Waals surface area contributed by atoms with Crippen molar-refractivity contribution in [1.82, 2.24) is 0 Å². The van der Waals surface area contributed by atoms with Crippen LogP contribution in [0.2, 0.25) is 0 Å². The summed E-state index contributed by atoms with van der Waals surface area (Å²) in [4.78, 5) is 5.00. The van der Waals surface area contributed by atoms with Gasteiger partial charge in [0.1, 0.15) is 24.0 Å². The van der Waals surface area contributed by atoms with Crippen LogP contribution in [0, 0.1) is 11.6 Å². The monoisotopic (exact) mass is 277 g/mol. The summed E-state index contributed by atoms with van der Waals surface area (Å²) in [6, 6.07) is 10.5.